The Kier molecular flexibility index (Phi) is 4.53. The van der Waals surface area contributed by atoms with E-state index in [1.54, 1.807) is 0 Å². The van der Waals surface area contributed by atoms with E-state index in [0.717, 1.165) is 21.7 Å². The number of hydrogen-bond donors (Lipinski definition) is 1. The highest BCUT2D eigenvalue weighted by atomic mass is 32.2. The fourth-order valence-corrected chi connectivity index (χ4v) is 3.64. The summed E-state index contributed by atoms with van der Waals surface area (Å²) < 4.78 is 2.01. The first-order valence-electron chi connectivity index (χ1n) is 7.33. The average Bonchev–Trinajstić information content (AvgIpc) is 3.07. The molecule has 3 rings (SSSR count). The Hall–Kier alpha value is -2.46. The third kappa shape index (κ3) is 3.48. The summed E-state index contributed by atoms with van der Waals surface area (Å²) in [6.07, 6.45) is 3.93. The molecule has 0 aliphatic rings. The highest BCUT2D eigenvalue weighted by Crippen LogP contribution is 2.39. The Morgan fingerprint density at radius 2 is 1.74 bits per heavy atom. The number of aromatic nitrogens is 1. The molecule has 0 fully saturated rings. The molecule has 0 spiro atoms. The van der Waals surface area contributed by atoms with Gasteiger partial charge in [-0.05, 0) is 42.3 Å². The molecular formula is C19H17NO2S. The van der Waals surface area contributed by atoms with Gasteiger partial charge >= 0.3 is 5.97 Å². The fraction of sp³-hybridized carbons (Fsp3) is 0.105. The van der Waals surface area contributed by atoms with Crippen molar-refractivity contribution in [1.82, 2.24) is 4.57 Å². The van der Waals surface area contributed by atoms with Gasteiger partial charge in [-0.15, -0.1) is 11.8 Å². The summed E-state index contributed by atoms with van der Waals surface area (Å²) in [6, 6.07) is 19.4. The second kappa shape index (κ2) is 6.75. The van der Waals surface area contributed by atoms with Gasteiger partial charge in [-0.1, -0.05) is 36.4 Å². The maximum Gasteiger partial charge on any atom is 0.321 e. The zero-order chi connectivity index (χ0) is 16.2. The largest absolute Gasteiger partial charge is 0.480 e. The van der Waals surface area contributed by atoms with Crippen molar-refractivity contribution in [3.63, 3.8) is 0 Å². The smallest absolute Gasteiger partial charge is 0.321 e. The summed E-state index contributed by atoms with van der Waals surface area (Å²) in [7, 11) is 0. The number of thioether (sulfide) groups is 1. The van der Waals surface area contributed by atoms with Crippen molar-refractivity contribution in [2.24, 2.45) is 0 Å². The first-order chi connectivity index (χ1) is 11.1. The minimum atomic E-state index is -0.832. The molecule has 23 heavy (non-hydrogen) atoms. The third-order valence-corrected chi connectivity index (χ3v) is 4.86. The molecule has 1 atom stereocenters. The first kappa shape index (κ1) is 15.4. The zero-order valence-corrected chi connectivity index (χ0v) is 13.5. The van der Waals surface area contributed by atoms with Crippen molar-refractivity contribution >= 4 is 17.7 Å². The lowest BCUT2D eigenvalue weighted by Crippen LogP contribution is -2.08. The van der Waals surface area contributed by atoms with Crippen molar-refractivity contribution in [3.8, 4) is 5.69 Å². The molecule has 0 saturated carbocycles. The molecule has 116 valence electrons. The van der Waals surface area contributed by atoms with Crippen LogP contribution < -0.4 is 0 Å². The predicted molar refractivity (Wildman–Crippen MR) is 93.2 cm³/mol. The number of carboxylic acids is 1. The third-order valence-electron chi connectivity index (χ3n) is 3.57. The summed E-state index contributed by atoms with van der Waals surface area (Å²) in [6.45, 7) is 2.02. The van der Waals surface area contributed by atoms with Gasteiger partial charge in [0.25, 0.3) is 0 Å². The summed E-state index contributed by atoms with van der Waals surface area (Å²) in [4.78, 5) is 12.7. The summed E-state index contributed by atoms with van der Waals surface area (Å²) in [5.41, 5.74) is 2.90. The number of carbonyl (C=O) groups is 1. The van der Waals surface area contributed by atoms with Gasteiger partial charge < -0.3 is 9.67 Å². The second-order valence-corrected chi connectivity index (χ2v) is 6.46. The van der Waals surface area contributed by atoms with Crippen LogP contribution in [0, 0.1) is 6.92 Å². The quantitative estimate of drug-likeness (QED) is 0.692. The molecule has 1 aromatic heterocycles. The lowest BCUT2D eigenvalue weighted by atomic mass is 10.1. The van der Waals surface area contributed by atoms with E-state index >= 15 is 0 Å². The summed E-state index contributed by atoms with van der Waals surface area (Å²) >= 11 is 1.37. The molecule has 2 aromatic carbocycles. The lowest BCUT2D eigenvalue weighted by molar-refractivity contribution is -0.136. The SMILES string of the molecule is Cc1ccc(-n2cccc2)c(S[C@@H](C(=O)O)c2ccccc2)c1. The van der Waals surface area contributed by atoms with E-state index in [1.807, 2.05) is 84.5 Å². The maximum atomic E-state index is 11.8. The molecule has 0 bridgehead atoms. The van der Waals surface area contributed by atoms with E-state index in [4.69, 9.17) is 0 Å². The molecular weight excluding hydrogens is 306 g/mol. The second-order valence-electron chi connectivity index (χ2n) is 5.31. The summed E-state index contributed by atoms with van der Waals surface area (Å²) in [5.74, 6) is -0.832. The van der Waals surface area contributed by atoms with E-state index in [0.29, 0.717) is 0 Å². The lowest BCUT2D eigenvalue weighted by Gasteiger charge is -2.16. The van der Waals surface area contributed by atoms with Gasteiger partial charge in [-0.25, -0.2) is 0 Å². The molecule has 0 aliphatic carbocycles. The molecule has 0 unspecified atom stereocenters. The molecule has 3 nitrogen and oxygen atoms in total. The Labute approximate surface area is 139 Å². The van der Waals surface area contributed by atoms with Gasteiger partial charge in [-0.3, -0.25) is 4.79 Å². The molecule has 0 amide bonds. The van der Waals surface area contributed by atoms with Gasteiger partial charge in [0.15, 0.2) is 0 Å². The van der Waals surface area contributed by atoms with Crippen molar-refractivity contribution < 1.29 is 9.90 Å². The minimum Gasteiger partial charge on any atom is -0.480 e. The zero-order valence-electron chi connectivity index (χ0n) is 12.7. The first-order valence-corrected chi connectivity index (χ1v) is 8.21. The maximum absolute atomic E-state index is 11.8. The van der Waals surface area contributed by atoms with Crippen molar-refractivity contribution in [2.45, 2.75) is 17.1 Å². The van der Waals surface area contributed by atoms with E-state index < -0.39 is 11.2 Å². The Morgan fingerprint density at radius 1 is 1.04 bits per heavy atom. The number of carboxylic acid groups (broad SMARTS) is 1. The van der Waals surface area contributed by atoms with Crippen LogP contribution in [0.25, 0.3) is 5.69 Å². The van der Waals surface area contributed by atoms with Crippen LogP contribution in [-0.2, 0) is 4.79 Å². The van der Waals surface area contributed by atoms with Gasteiger partial charge in [0.2, 0.25) is 0 Å². The molecule has 0 aliphatic heterocycles. The number of aliphatic carboxylic acids is 1. The molecule has 1 heterocycles. The number of nitrogens with zero attached hydrogens (tertiary/aromatic N) is 1. The van der Waals surface area contributed by atoms with Gasteiger partial charge in [-0.2, -0.15) is 0 Å². The Balaban J connectivity index is 2.01. The topological polar surface area (TPSA) is 42.2 Å². The van der Waals surface area contributed by atoms with Crippen LogP contribution in [0.15, 0.2) is 78.0 Å². The van der Waals surface area contributed by atoms with Crippen LogP contribution in [0.1, 0.15) is 16.4 Å². The van der Waals surface area contributed by atoms with E-state index in [2.05, 4.69) is 0 Å². The average molecular weight is 323 g/mol. The number of aryl methyl sites for hydroxylation is 1. The Bertz CT molecular complexity index is 798. The van der Waals surface area contributed by atoms with Crippen molar-refractivity contribution in [2.75, 3.05) is 0 Å². The molecule has 4 heteroatoms. The predicted octanol–water partition coefficient (Wildman–Crippen LogP) is 4.70. The van der Waals surface area contributed by atoms with Gasteiger partial charge in [0.05, 0.1) is 5.69 Å². The highest BCUT2D eigenvalue weighted by Gasteiger charge is 2.22. The summed E-state index contributed by atoms with van der Waals surface area (Å²) in [5, 5.41) is 9.02. The monoisotopic (exact) mass is 323 g/mol. The highest BCUT2D eigenvalue weighted by molar-refractivity contribution is 8.00. The van der Waals surface area contributed by atoms with Crippen molar-refractivity contribution in [3.05, 3.63) is 84.2 Å². The van der Waals surface area contributed by atoms with Crippen molar-refractivity contribution in [1.29, 1.82) is 0 Å². The van der Waals surface area contributed by atoms with E-state index in [9.17, 15) is 9.90 Å². The molecule has 0 radical (unpaired) electrons. The standard InChI is InChI=1S/C19H17NO2S/c1-14-9-10-16(20-11-5-6-12-20)17(13-14)23-18(19(21)22)15-7-3-2-4-8-15/h2-13,18H,1H3,(H,21,22)/t18-/m1/s1. The van der Waals surface area contributed by atoms with Crippen LogP contribution in [0.5, 0.6) is 0 Å². The van der Waals surface area contributed by atoms with Crippen LogP contribution in [0.3, 0.4) is 0 Å². The Morgan fingerprint density at radius 3 is 2.39 bits per heavy atom. The molecule has 1 N–H and O–H groups in total. The number of hydrogen-bond acceptors (Lipinski definition) is 2. The van der Waals surface area contributed by atoms with E-state index in [-0.39, 0.29) is 0 Å². The fourth-order valence-electron chi connectivity index (χ4n) is 2.44. The van der Waals surface area contributed by atoms with E-state index in [1.165, 1.54) is 11.8 Å². The minimum absolute atomic E-state index is 0.632. The van der Waals surface area contributed by atoms with Gasteiger partial charge in [0, 0.05) is 17.3 Å². The van der Waals surface area contributed by atoms with Gasteiger partial charge in [0.1, 0.15) is 5.25 Å². The van der Waals surface area contributed by atoms with Crippen LogP contribution >= 0.6 is 11.8 Å². The van der Waals surface area contributed by atoms with Crippen LogP contribution in [0.4, 0.5) is 0 Å². The normalized spacial score (nSPS) is 12.0. The van der Waals surface area contributed by atoms with Crippen LogP contribution in [0.2, 0.25) is 0 Å². The number of benzene rings is 2. The molecule has 3 aromatic rings. The number of rotatable bonds is 5. The molecule has 0 saturated heterocycles. The van der Waals surface area contributed by atoms with Crippen LogP contribution in [-0.4, -0.2) is 15.6 Å².